The standard InChI is InChI=1S/C56H107NO5/c1-3-5-7-9-11-13-15-16-17-18-19-20-21-22-23-24-25-26-29-32-36-40-44-48-54(59)53(52-58)57-55(60)49-45-41-37-33-30-27-31-35-39-43-47-51-62-56(61)50-46-42-38-34-28-14-12-10-8-6-4-2/h10,12,31,35,53-54,58-59H,3-9,11,13-30,32-34,36-52H2,1-2H3,(H,57,60)/b12-10-,35-31-. The predicted octanol–water partition coefficient (Wildman–Crippen LogP) is 16.7. The predicted molar refractivity (Wildman–Crippen MR) is 269 cm³/mol. The first kappa shape index (κ1) is 60.3. The Morgan fingerprint density at radius 2 is 0.774 bits per heavy atom. The fraction of sp³-hybridized carbons (Fsp3) is 0.893. The third-order valence-electron chi connectivity index (χ3n) is 12.7. The van der Waals surface area contributed by atoms with Gasteiger partial charge >= 0.3 is 5.97 Å². The van der Waals surface area contributed by atoms with E-state index in [1.54, 1.807) is 0 Å². The molecule has 0 aromatic rings. The van der Waals surface area contributed by atoms with E-state index >= 15 is 0 Å². The van der Waals surface area contributed by atoms with Crippen molar-refractivity contribution in [1.29, 1.82) is 0 Å². The highest BCUT2D eigenvalue weighted by molar-refractivity contribution is 5.76. The van der Waals surface area contributed by atoms with Gasteiger partial charge in [-0.3, -0.25) is 9.59 Å². The first-order valence-electron chi connectivity index (χ1n) is 27.6. The van der Waals surface area contributed by atoms with Crippen LogP contribution in [0.25, 0.3) is 0 Å². The van der Waals surface area contributed by atoms with Crippen molar-refractivity contribution in [1.82, 2.24) is 5.32 Å². The molecule has 0 aromatic heterocycles. The lowest BCUT2D eigenvalue weighted by atomic mass is 10.0. The van der Waals surface area contributed by atoms with Crippen LogP contribution in [-0.2, 0) is 14.3 Å². The van der Waals surface area contributed by atoms with Crippen LogP contribution in [0.1, 0.15) is 296 Å². The average Bonchev–Trinajstić information content (AvgIpc) is 3.27. The summed E-state index contributed by atoms with van der Waals surface area (Å²) in [6.45, 7) is 4.85. The molecule has 0 bridgehead atoms. The molecular formula is C56H107NO5. The van der Waals surface area contributed by atoms with Crippen molar-refractivity contribution in [2.75, 3.05) is 13.2 Å². The van der Waals surface area contributed by atoms with Crippen molar-refractivity contribution in [2.45, 2.75) is 309 Å². The highest BCUT2D eigenvalue weighted by atomic mass is 16.5. The van der Waals surface area contributed by atoms with E-state index in [-0.39, 0.29) is 18.5 Å². The van der Waals surface area contributed by atoms with Gasteiger partial charge in [-0.05, 0) is 70.6 Å². The molecule has 6 heteroatoms. The van der Waals surface area contributed by atoms with Crippen LogP contribution in [0.4, 0.5) is 0 Å². The van der Waals surface area contributed by atoms with Crippen LogP contribution in [0.15, 0.2) is 24.3 Å². The van der Waals surface area contributed by atoms with E-state index in [0.29, 0.717) is 25.9 Å². The highest BCUT2D eigenvalue weighted by Crippen LogP contribution is 2.17. The number of amides is 1. The second-order valence-electron chi connectivity index (χ2n) is 18.9. The number of carbonyl (C=O) groups is 2. The summed E-state index contributed by atoms with van der Waals surface area (Å²) in [5, 5.41) is 23.3. The van der Waals surface area contributed by atoms with E-state index in [0.717, 1.165) is 83.5 Å². The van der Waals surface area contributed by atoms with Crippen LogP contribution in [0, 0.1) is 0 Å². The van der Waals surface area contributed by atoms with E-state index in [1.165, 1.54) is 180 Å². The maximum atomic E-state index is 12.5. The summed E-state index contributed by atoms with van der Waals surface area (Å²) in [6.07, 6.45) is 61.7. The Morgan fingerprint density at radius 3 is 1.19 bits per heavy atom. The fourth-order valence-corrected chi connectivity index (χ4v) is 8.44. The van der Waals surface area contributed by atoms with Crippen molar-refractivity contribution in [2.24, 2.45) is 0 Å². The molecule has 0 spiro atoms. The van der Waals surface area contributed by atoms with Crippen LogP contribution in [0.3, 0.4) is 0 Å². The number of rotatable bonds is 51. The number of hydrogen-bond acceptors (Lipinski definition) is 5. The van der Waals surface area contributed by atoms with E-state index < -0.39 is 12.1 Å². The van der Waals surface area contributed by atoms with Crippen LogP contribution < -0.4 is 5.32 Å². The van der Waals surface area contributed by atoms with Gasteiger partial charge in [0.25, 0.3) is 0 Å². The molecule has 0 radical (unpaired) electrons. The minimum absolute atomic E-state index is 0.0417. The Kier molecular flexibility index (Phi) is 50.6. The zero-order valence-corrected chi connectivity index (χ0v) is 41.6. The van der Waals surface area contributed by atoms with Crippen molar-refractivity contribution < 1.29 is 24.5 Å². The number of esters is 1. The Hall–Kier alpha value is -1.66. The van der Waals surface area contributed by atoms with Crippen molar-refractivity contribution in [3.63, 3.8) is 0 Å². The summed E-state index contributed by atoms with van der Waals surface area (Å²) in [4.78, 5) is 24.4. The first-order valence-corrected chi connectivity index (χ1v) is 27.6. The Balaban J connectivity index is 3.50. The fourth-order valence-electron chi connectivity index (χ4n) is 8.44. The Labute approximate surface area is 386 Å². The van der Waals surface area contributed by atoms with Gasteiger partial charge in [0.2, 0.25) is 5.91 Å². The molecule has 0 fully saturated rings. The van der Waals surface area contributed by atoms with E-state index in [1.807, 2.05) is 0 Å². The van der Waals surface area contributed by atoms with Crippen molar-refractivity contribution in [3.8, 4) is 0 Å². The molecule has 2 atom stereocenters. The summed E-state index contributed by atoms with van der Waals surface area (Å²) < 4.78 is 5.41. The van der Waals surface area contributed by atoms with Crippen LogP contribution in [0.2, 0.25) is 0 Å². The Bertz CT molecular complexity index is 966. The lowest BCUT2D eigenvalue weighted by Crippen LogP contribution is -2.45. The second kappa shape index (κ2) is 52.0. The van der Waals surface area contributed by atoms with Gasteiger partial charge in [0.15, 0.2) is 0 Å². The van der Waals surface area contributed by atoms with E-state index in [9.17, 15) is 19.8 Å². The van der Waals surface area contributed by atoms with Crippen LogP contribution in [-0.4, -0.2) is 47.4 Å². The maximum absolute atomic E-state index is 12.5. The molecule has 0 rings (SSSR count). The molecule has 0 aliphatic heterocycles. The Morgan fingerprint density at radius 1 is 0.435 bits per heavy atom. The van der Waals surface area contributed by atoms with Gasteiger partial charge in [0.05, 0.1) is 25.4 Å². The summed E-state index contributed by atoms with van der Waals surface area (Å²) in [5.74, 6) is -0.104. The van der Waals surface area contributed by atoms with Crippen LogP contribution in [0.5, 0.6) is 0 Å². The number of ether oxygens (including phenoxy) is 1. The number of aliphatic hydroxyl groups is 2. The van der Waals surface area contributed by atoms with Gasteiger partial charge in [-0.25, -0.2) is 0 Å². The summed E-state index contributed by atoms with van der Waals surface area (Å²) in [5.41, 5.74) is 0. The highest BCUT2D eigenvalue weighted by Gasteiger charge is 2.20. The largest absolute Gasteiger partial charge is 0.466 e. The molecule has 3 N–H and O–H groups in total. The molecule has 6 nitrogen and oxygen atoms in total. The number of carbonyl (C=O) groups excluding carboxylic acids is 2. The van der Waals surface area contributed by atoms with Crippen LogP contribution >= 0.6 is 0 Å². The van der Waals surface area contributed by atoms with Gasteiger partial charge in [0, 0.05) is 12.8 Å². The third-order valence-corrected chi connectivity index (χ3v) is 12.7. The number of unbranched alkanes of at least 4 members (excludes halogenated alkanes) is 36. The van der Waals surface area contributed by atoms with Crippen molar-refractivity contribution in [3.05, 3.63) is 24.3 Å². The van der Waals surface area contributed by atoms with Gasteiger partial charge in [-0.1, -0.05) is 237 Å². The molecule has 2 unspecified atom stereocenters. The summed E-state index contributed by atoms with van der Waals surface area (Å²) in [7, 11) is 0. The monoisotopic (exact) mass is 874 g/mol. The number of nitrogens with one attached hydrogen (secondary N) is 1. The van der Waals surface area contributed by atoms with Gasteiger partial charge in [-0.15, -0.1) is 0 Å². The third kappa shape index (κ3) is 47.8. The first-order chi connectivity index (χ1) is 30.5. The lowest BCUT2D eigenvalue weighted by Gasteiger charge is -2.22. The van der Waals surface area contributed by atoms with E-state index in [4.69, 9.17) is 4.74 Å². The molecule has 0 saturated carbocycles. The SMILES string of the molecule is CCCC/C=C\CCCCCCCC(=O)OCCCC/C=C\CCCCCCCC(=O)NC(CO)C(O)CCCCCCCCCCCCCCCCCCCCCCCCC. The molecule has 366 valence electrons. The lowest BCUT2D eigenvalue weighted by molar-refractivity contribution is -0.143. The molecular weight excluding hydrogens is 767 g/mol. The molecule has 0 aromatic carbocycles. The van der Waals surface area contributed by atoms with Gasteiger partial charge < -0.3 is 20.3 Å². The molecule has 0 heterocycles. The summed E-state index contributed by atoms with van der Waals surface area (Å²) in [6, 6.07) is -0.563. The minimum atomic E-state index is -0.683. The number of hydrogen-bond donors (Lipinski definition) is 3. The van der Waals surface area contributed by atoms with Gasteiger partial charge in [-0.2, -0.15) is 0 Å². The zero-order valence-electron chi connectivity index (χ0n) is 41.6. The van der Waals surface area contributed by atoms with Gasteiger partial charge in [0.1, 0.15) is 0 Å². The normalized spacial score (nSPS) is 12.8. The minimum Gasteiger partial charge on any atom is -0.466 e. The molecule has 0 aliphatic carbocycles. The maximum Gasteiger partial charge on any atom is 0.305 e. The zero-order chi connectivity index (χ0) is 45.1. The molecule has 1 amide bonds. The van der Waals surface area contributed by atoms with E-state index in [2.05, 4.69) is 43.5 Å². The average molecular weight is 874 g/mol. The molecule has 62 heavy (non-hydrogen) atoms. The van der Waals surface area contributed by atoms with Crippen molar-refractivity contribution >= 4 is 11.9 Å². The summed E-state index contributed by atoms with van der Waals surface area (Å²) >= 11 is 0. The molecule has 0 saturated heterocycles. The second-order valence-corrected chi connectivity index (χ2v) is 18.9. The quantitative estimate of drug-likeness (QED) is 0.0321. The number of allylic oxidation sites excluding steroid dienone is 4. The molecule has 0 aliphatic rings. The topological polar surface area (TPSA) is 95.9 Å². The number of aliphatic hydroxyl groups excluding tert-OH is 2. The smallest absolute Gasteiger partial charge is 0.305 e.